The number of nitrogens with zero attached hydrogens (tertiary/aromatic N) is 1. The summed E-state index contributed by atoms with van der Waals surface area (Å²) in [5.41, 5.74) is 4.94. The lowest BCUT2D eigenvalue weighted by Gasteiger charge is -2.12. The molecule has 0 spiro atoms. The number of methoxy groups -OCH3 is 1. The average molecular weight is 405 g/mol. The van der Waals surface area contributed by atoms with E-state index in [4.69, 9.17) is 9.47 Å². The van der Waals surface area contributed by atoms with Crippen LogP contribution in [0.5, 0.6) is 11.5 Å². The molecule has 2 aromatic carbocycles. The van der Waals surface area contributed by atoms with Crippen LogP contribution >= 0.6 is 15.9 Å². The van der Waals surface area contributed by atoms with E-state index in [0.717, 1.165) is 22.0 Å². The molecule has 2 rings (SSSR count). The van der Waals surface area contributed by atoms with Crippen LogP contribution in [0, 0.1) is 6.92 Å². The quantitative estimate of drug-likeness (QED) is 0.552. The summed E-state index contributed by atoms with van der Waals surface area (Å²) in [4.78, 5) is 12.0. The summed E-state index contributed by atoms with van der Waals surface area (Å²) in [6.07, 6.45) is 2.47. The van der Waals surface area contributed by atoms with Crippen molar-refractivity contribution in [2.45, 2.75) is 20.3 Å². The zero-order chi connectivity index (χ0) is 18.2. The van der Waals surface area contributed by atoms with Crippen molar-refractivity contribution in [2.24, 2.45) is 5.10 Å². The minimum atomic E-state index is -0.262. The Balaban J connectivity index is 2.09. The molecule has 0 saturated heterocycles. The molecule has 0 radical (unpaired) electrons. The molecule has 0 aliphatic rings. The Hall–Kier alpha value is -2.34. The highest BCUT2D eigenvalue weighted by Crippen LogP contribution is 2.33. The molecule has 0 fully saturated rings. The van der Waals surface area contributed by atoms with Gasteiger partial charge in [-0.05, 0) is 53.5 Å². The molecule has 0 bridgehead atoms. The van der Waals surface area contributed by atoms with Crippen LogP contribution in [0.4, 0.5) is 0 Å². The number of benzene rings is 2. The second kappa shape index (κ2) is 9.22. The van der Waals surface area contributed by atoms with E-state index in [9.17, 15) is 4.79 Å². The highest BCUT2D eigenvalue weighted by Gasteiger charge is 2.09. The predicted octanol–water partition coefficient (Wildman–Crippen LogP) is 4.32. The molecular formula is C19H21BrN2O3. The number of carbonyl (C=O) groups is 1. The van der Waals surface area contributed by atoms with Crippen molar-refractivity contribution < 1.29 is 14.3 Å². The number of nitrogens with one attached hydrogen (secondary N) is 1. The number of hydrogen-bond donors (Lipinski definition) is 1. The number of carbonyl (C=O) groups excluding carboxylic acids is 1. The highest BCUT2D eigenvalue weighted by molar-refractivity contribution is 9.10. The summed E-state index contributed by atoms with van der Waals surface area (Å²) in [5, 5.41) is 4.02. The van der Waals surface area contributed by atoms with Crippen molar-refractivity contribution in [3.8, 4) is 11.5 Å². The summed E-state index contributed by atoms with van der Waals surface area (Å²) >= 11 is 3.48. The Labute approximate surface area is 156 Å². The Bertz CT molecular complexity index is 758. The second-order valence-corrected chi connectivity index (χ2v) is 6.29. The molecule has 0 aliphatic carbocycles. The van der Waals surface area contributed by atoms with Crippen LogP contribution in [-0.4, -0.2) is 25.8 Å². The fourth-order valence-electron chi connectivity index (χ4n) is 2.06. The van der Waals surface area contributed by atoms with Gasteiger partial charge in [-0.1, -0.05) is 24.6 Å². The van der Waals surface area contributed by atoms with Gasteiger partial charge in [0, 0.05) is 15.6 Å². The molecule has 1 amide bonds. The normalized spacial score (nSPS) is 10.7. The third-order valence-electron chi connectivity index (χ3n) is 3.43. The molecule has 0 atom stereocenters. The number of hydrazone groups is 1. The maximum atomic E-state index is 12.0. The van der Waals surface area contributed by atoms with Crippen LogP contribution in [0.1, 0.15) is 34.8 Å². The van der Waals surface area contributed by atoms with Crippen LogP contribution in [0.3, 0.4) is 0 Å². The first-order valence-corrected chi connectivity index (χ1v) is 8.74. The van der Waals surface area contributed by atoms with Crippen molar-refractivity contribution in [3.05, 3.63) is 57.6 Å². The second-order valence-electron chi connectivity index (χ2n) is 5.44. The first-order chi connectivity index (χ1) is 12.0. The van der Waals surface area contributed by atoms with Gasteiger partial charge in [-0.2, -0.15) is 5.10 Å². The molecule has 0 heterocycles. The molecule has 0 aliphatic heterocycles. The van der Waals surface area contributed by atoms with Crippen molar-refractivity contribution in [1.29, 1.82) is 0 Å². The molecule has 132 valence electrons. The summed E-state index contributed by atoms with van der Waals surface area (Å²) in [6.45, 7) is 4.63. The molecular weight excluding hydrogens is 384 g/mol. The maximum Gasteiger partial charge on any atom is 0.271 e. The van der Waals surface area contributed by atoms with Crippen molar-refractivity contribution in [3.63, 3.8) is 0 Å². The van der Waals surface area contributed by atoms with Crippen LogP contribution in [0.25, 0.3) is 0 Å². The van der Waals surface area contributed by atoms with Crippen LogP contribution in [0.15, 0.2) is 46.0 Å². The van der Waals surface area contributed by atoms with E-state index in [1.54, 1.807) is 31.5 Å². The Morgan fingerprint density at radius 3 is 2.60 bits per heavy atom. The number of hydrogen-bond acceptors (Lipinski definition) is 4. The Morgan fingerprint density at radius 2 is 1.96 bits per heavy atom. The van der Waals surface area contributed by atoms with E-state index in [0.29, 0.717) is 23.7 Å². The van der Waals surface area contributed by atoms with Crippen LogP contribution < -0.4 is 14.9 Å². The average Bonchev–Trinajstić information content (AvgIpc) is 2.61. The highest BCUT2D eigenvalue weighted by atomic mass is 79.9. The van der Waals surface area contributed by atoms with E-state index in [-0.39, 0.29) is 5.91 Å². The van der Waals surface area contributed by atoms with Gasteiger partial charge in [-0.15, -0.1) is 0 Å². The van der Waals surface area contributed by atoms with Gasteiger partial charge in [0.25, 0.3) is 5.91 Å². The van der Waals surface area contributed by atoms with Crippen molar-refractivity contribution in [2.75, 3.05) is 13.7 Å². The Kier molecular flexibility index (Phi) is 7.01. The number of halogens is 1. The first kappa shape index (κ1) is 19.0. The van der Waals surface area contributed by atoms with Gasteiger partial charge < -0.3 is 9.47 Å². The van der Waals surface area contributed by atoms with Crippen molar-refractivity contribution in [1.82, 2.24) is 5.43 Å². The molecule has 0 aromatic heterocycles. The minimum Gasteiger partial charge on any atom is -0.493 e. The lowest BCUT2D eigenvalue weighted by molar-refractivity contribution is 0.0955. The summed E-state index contributed by atoms with van der Waals surface area (Å²) < 4.78 is 11.8. The number of aryl methyl sites for hydroxylation is 1. The fourth-order valence-corrected chi connectivity index (χ4v) is 2.49. The molecule has 1 N–H and O–H groups in total. The van der Waals surface area contributed by atoms with Gasteiger partial charge in [0.05, 0.1) is 19.9 Å². The molecule has 0 saturated carbocycles. The van der Waals surface area contributed by atoms with E-state index >= 15 is 0 Å². The fraction of sp³-hybridized carbons (Fsp3) is 0.263. The van der Waals surface area contributed by atoms with Crippen molar-refractivity contribution >= 4 is 28.1 Å². The largest absolute Gasteiger partial charge is 0.493 e. The predicted molar refractivity (Wildman–Crippen MR) is 103 cm³/mol. The maximum absolute atomic E-state index is 12.0. The third kappa shape index (κ3) is 5.32. The summed E-state index contributed by atoms with van der Waals surface area (Å²) in [5.74, 6) is 1.02. The zero-order valence-corrected chi connectivity index (χ0v) is 16.1. The lowest BCUT2D eigenvalue weighted by atomic mass is 10.1. The van der Waals surface area contributed by atoms with Crippen LogP contribution in [0.2, 0.25) is 0 Å². The molecule has 6 heteroatoms. The van der Waals surface area contributed by atoms with Gasteiger partial charge in [-0.25, -0.2) is 5.43 Å². The molecule has 0 unspecified atom stereocenters. The lowest BCUT2D eigenvalue weighted by Crippen LogP contribution is -2.17. The number of rotatable bonds is 7. The van der Waals surface area contributed by atoms with Gasteiger partial charge >= 0.3 is 0 Å². The van der Waals surface area contributed by atoms with E-state index in [1.807, 2.05) is 32.0 Å². The summed E-state index contributed by atoms with van der Waals surface area (Å²) in [7, 11) is 1.59. The summed E-state index contributed by atoms with van der Waals surface area (Å²) in [6, 6.07) is 10.9. The minimum absolute atomic E-state index is 0.262. The monoisotopic (exact) mass is 404 g/mol. The zero-order valence-electron chi connectivity index (χ0n) is 14.5. The van der Waals surface area contributed by atoms with Crippen LogP contribution in [-0.2, 0) is 0 Å². The standard InChI is InChI=1S/C19H21BrN2O3/c1-4-9-25-18-11-16(20)15(10-17(18)24-3)12-21-22-19(23)14-7-5-13(2)6-8-14/h5-8,10-12H,4,9H2,1-3H3,(H,22,23)/b21-12+. The molecule has 25 heavy (non-hydrogen) atoms. The smallest absolute Gasteiger partial charge is 0.271 e. The third-order valence-corrected chi connectivity index (χ3v) is 4.11. The first-order valence-electron chi connectivity index (χ1n) is 7.95. The van der Waals surface area contributed by atoms with Gasteiger partial charge in [-0.3, -0.25) is 4.79 Å². The molecule has 2 aromatic rings. The van der Waals surface area contributed by atoms with E-state index < -0.39 is 0 Å². The van der Waals surface area contributed by atoms with E-state index in [1.165, 1.54) is 0 Å². The topological polar surface area (TPSA) is 59.9 Å². The molecule has 5 nitrogen and oxygen atoms in total. The van der Waals surface area contributed by atoms with Gasteiger partial charge in [0.2, 0.25) is 0 Å². The van der Waals surface area contributed by atoms with E-state index in [2.05, 4.69) is 26.5 Å². The number of ether oxygens (including phenoxy) is 2. The SMILES string of the molecule is CCCOc1cc(Br)c(/C=N/NC(=O)c2ccc(C)cc2)cc1OC. The van der Waals surface area contributed by atoms with Gasteiger partial charge in [0.1, 0.15) is 0 Å². The number of amides is 1. The Morgan fingerprint density at radius 1 is 1.24 bits per heavy atom. The van der Waals surface area contributed by atoms with Gasteiger partial charge in [0.15, 0.2) is 11.5 Å².